The second-order valence-corrected chi connectivity index (χ2v) is 6.04. The fourth-order valence-corrected chi connectivity index (χ4v) is 2.59. The smallest absolute Gasteiger partial charge is 0.191 e. The summed E-state index contributed by atoms with van der Waals surface area (Å²) in [4.78, 5) is 6.49. The van der Waals surface area contributed by atoms with Crippen molar-refractivity contribution < 1.29 is 0 Å². The maximum absolute atomic E-state index is 4.30. The maximum Gasteiger partial charge on any atom is 0.191 e. The van der Waals surface area contributed by atoms with Gasteiger partial charge in [-0.25, -0.2) is 0 Å². The Labute approximate surface area is 144 Å². The highest BCUT2D eigenvalue weighted by Crippen LogP contribution is 2.15. The van der Waals surface area contributed by atoms with Crippen molar-refractivity contribution in [3.05, 3.63) is 53.9 Å². The maximum atomic E-state index is 4.30. The minimum atomic E-state index is 0.242. The molecule has 0 fully saturated rings. The van der Waals surface area contributed by atoms with Gasteiger partial charge in [-0.05, 0) is 26.1 Å². The Hall–Kier alpha value is -2.34. The molecule has 1 atom stereocenters. The molecule has 0 spiro atoms. The molecule has 1 aromatic heterocycles. The van der Waals surface area contributed by atoms with Crippen molar-refractivity contribution in [1.82, 2.24) is 25.3 Å². The first-order valence-electron chi connectivity index (χ1n) is 8.23. The molecule has 2 N–H and O–H groups in total. The molecular formula is C18H28N6. The van der Waals surface area contributed by atoms with E-state index in [-0.39, 0.29) is 6.04 Å². The van der Waals surface area contributed by atoms with E-state index in [0.717, 1.165) is 25.5 Å². The quantitative estimate of drug-likeness (QED) is 0.596. The Balaban J connectivity index is 1.83. The normalized spacial score (nSPS) is 13.1. The highest BCUT2D eigenvalue weighted by atomic mass is 15.3. The van der Waals surface area contributed by atoms with Gasteiger partial charge in [-0.3, -0.25) is 9.67 Å². The van der Waals surface area contributed by atoms with Crippen molar-refractivity contribution in [2.24, 2.45) is 12.0 Å². The fraction of sp³-hybridized carbons (Fsp3) is 0.444. The monoisotopic (exact) mass is 328 g/mol. The van der Waals surface area contributed by atoms with E-state index in [9.17, 15) is 0 Å². The minimum Gasteiger partial charge on any atom is -0.356 e. The summed E-state index contributed by atoms with van der Waals surface area (Å²) in [5, 5.41) is 11.0. The van der Waals surface area contributed by atoms with Crippen LogP contribution in [0.25, 0.3) is 0 Å². The number of likely N-dealkylation sites (N-methyl/N-ethyl adjacent to an activating group) is 1. The summed E-state index contributed by atoms with van der Waals surface area (Å²) in [6.07, 6.45) is 4.94. The van der Waals surface area contributed by atoms with Crippen LogP contribution in [0.5, 0.6) is 0 Å². The summed E-state index contributed by atoms with van der Waals surface area (Å²) < 4.78 is 1.83. The third-order valence-corrected chi connectivity index (χ3v) is 3.97. The predicted octanol–water partition coefficient (Wildman–Crippen LogP) is 1.43. The van der Waals surface area contributed by atoms with E-state index in [1.165, 1.54) is 11.1 Å². The van der Waals surface area contributed by atoms with Gasteiger partial charge in [-0.15, -0.1) is 0 Å². The molecule has 0 aliphatic carbocycles. The molecule has 2 rings (SSSR count). The summed E-state index contributed by atoms with van der Waals surface area (Å²) in [5.41, 5.74) is 2.51. The topological polar surface area (TPSA) is 57.5 Å². The summed E-state index contributed by atoms with van der Waals surface area (Å²) in [5.74, 6) is 0.821. The van der Waals surface area contributed by atoms with Crippen molar-refractivity contribution in [2.45, 2.75) is 12.5 Å². The molecule has 0 saturated carbocycles. The van der Waals surface area contributed by atoms with Crippen molar-refractivity contribution in [3.63, 3.8) is 0 Å². The number of guanidine groups is 1. The largest absolute Gasteiger partial charge is 0.356 e. The highest BCUT2D eigenvalue weighted by Gasteiger charge is 2.16. The number of hydrogen-bond acceptors (Lipinski definition) is 3. The Morgan fingerprint density at radius 1 is 1.25 bits per heavy atom. The van der Waals surface area contributed by atoms with Gasteiger partial charge < -0.3 is 15.5 Å². The number of nitrogens with one attached hydrogen (secondary N) is 2. The third-order valence-electron chi connectivity index (χ3n) is 3.97. The van der Waals surface area contributed by atoms with E-state index < -0.39 is 0 Å². The second-order valence-electron chi connectivity index (χ2n) is 6.04. The second kappa shape index (κ2) is 9.08. The molecule has 2 aromatic rings. The van der Waals surface area contributed by atoms with Gasteiger partial charge in [0.25, 0.3) is 0 Å². The van der Waals surface area contributed by atoms with Gasteiger partial charge in [0.1, 0.15) is 0 Å². The lowest BCUT2D eigenvalue weighted by molar-refractivity contribution is 0.298. The average Bonchev–Trinajstić information content (AvgIpc) is 3.00. The van der Waals surface area contributed by atoms with Crippen LogP contribution in [0.2, 0.25) is 0 Å². The van der Waals surface area contributed by atoms with Crippen LogP contribution in [0.1, 0.15) is 17.2 Å². The fourth-order valence-electron chi connectivity index (χ4n) is 2.59. The first-order valence-corrected chi connectivity index (χ1v) is 8.23. The van der Waals surface area contributed by atoms with Gasteiger partial charge in [0.05, 0.1) is 12.2 Å². The molecule has 1 heterocycles. The van der Waals surface area contributed by atoms with Crippen LogP contribution in [0.15, 0.2) is 47.7 Å². The van der Waals surface area contributed by atoms with E-state index in [2.05, 4.69) is 70.2 Å². The van der Waals surface area contributed by atoms with Crippen LogP contribution in [0.4, 0.5) is 0 Å². The number of aliphatic imine (C=N–C) groups is 1. The lowest BCUT2D eigenvalue weighted by Crippen LogP contribution is -2.42. The van der Waals surface area contributed by atoms with E-state index in [1.807, 2.05) is 24.0 Å². The van der Waals surface area contributed by atoms with E-state index in [0.29, 0.717) is 0 Å². The molecule has 0 saturated heterocycles. The Bertz CT molecular complexity index is 632. The summed E-state index contributed by atoms with van der Waals surface area (Å²) in [6.45, 7) is 1.62. The predicted molar refractivity (Wildman–Crippen MR) is 99.1 cm³/mol. The molecule has 0 amide bonds. The van der Waals surface area contributed by atoms with Gasteiger partial charge in [0, 0.05) is 38.9 Å². The van der Waals surface area contributed by atoms with Crippen LogP contribution < -0.4 is 10.6 Å². The SMILES string of the molecule is CN=C(NCCc1ccccc1)NCC(c1cnn(C)c1)N(C)C. The van der Waals surface area contributed by atoms with Crippen LogP contribution in [0.3, 0.4) is 0 Å². The number of rotatable bonds is 7. The zero-order valence-corrected chi connectivity index (χ0v) is 15.0. The third kappa shape index (κ3) is 5.38. The molecular weight excluding hydrogens is 300 g/mol. The summed E-state index contributed by atoms with van der Waals surface area (Å²) in [7, 11) is 7.89. The Morgan fingerprint density at radius 2 is 2.00 bits per heavy atom. The van der Waals surface area contributed by atoms with Crippen LogP contribution in [-0.2, 0) is 13.5 Å². The number of aromatic nitrogens is 2. The lowest BCUT2D eigenvalue weighted by Gasteiger charge is -2.24. The molecule has 0 aliphatic rings. The lowest BCUT2D eigenvalue weighted by atomic mass is 10.1. The van der Waals surface area contributed by atoms with Crippen molar-refractivity contribution in [3.8, 4) is 0 Å². The molecule has 0 aliphatic heterocycles. The van der Waals surface area contributed by atoms with Gasteiger partial charge in [-0.1, -0.05) is 30.3 Å². The molecule has 0 radical (unpaired) electrons. The first kappa shape index (κ1) is 18.0. The van der Waals surface area contributed by atoms with Crippen LogP contribution >= 0.6 is 0 Å². The van der Waals surface area contributed by atoms with Gasteiger partial charge in [0.15, 0.2) is 5.96 Å². The zero-order valence-electron chi connectivity index (χ0n) is 15.0. The number of nitrogens with zero attached hydrogens (tertiary/aromatic N) is 4. The number of aryl methyl sites for hydroxylation is 1. The zero-order chi connectivity index (χ0) is 17.4. The molecule has 1 unspecified atom stereocenters. The van der Waals surface area contributed by atoms with Crippen molar-refractivity contribution >= 4 is 5.96 Å². The standard InChI is InChI=1S/C18H28N6/c1-19-18(20-11-10-15-8-6-5-7-9-15)21-13-17(23(2)3)16-12-22-24(4)14-16/h5-9,12,14,17H,10-11,13H2,1-4H3,(H2,19,20,21). The Morgan fingerprint density at radius 3 is 2.58 bits per heavy atom. The average molecular weight is 328 g/mol. The molecule has 1 aromatic carbocycles. The minimum absolute atomic E-state index is 0.242. The molecule has 6 nitrogen and oxygen atoms in total. The van der Waals surface area contributed by atoms with Gasteiger partial charge in [-0.2, -0.15) is 5.10 Å². The molecule has 6 heteroatoms. The van der Waals surface area contributed by atoms with E-state index in [1.54, 1.807) is 7.05 Å². The molecule has 24 heavy (non-hydrogen) atoms. The number of benzene rings is 1. The highest BCUT2D eigenvalue weighted by molar-refractivity contribution is 5.79. The van der Waals surface area contributed by atoms with Crippen molar-refractivity contribution in [2.75, 3.05) is 34.2 Å². The van der Waals surface area contributed by atoms with Crippen molar-refractivity contribution in [1.29, 1.82) is 0 Å². The number of hydrogen-bond donors (Lipinski definition) is 2. The Kier molecular flexibility index (Phi) is 6.81. The first-order chi connectivity index (χ1) is 11.6. The van der Waals surface area contributed by atoms with Crippen LogP contribution in [-0.4, -0.2) is 54.9 Å². The van der Waals surface area contributed by atoms with E-state index >= 15 is 0 Å². The van der Waals surface area contributed by atoms with Crippen LogP contribution in [0, 0.1) is 0 Å². The van der Waals surface area contributed by atoms with E-state index in [4.69, 9.17) is 0 Å². The van der Waals surface area contributed by atoms with Gasteiger partial charge in [0.2, 0.25) is 0 Å². The molecule has 130 valence electrons. The summed E-state index contributed by atoms with van der Waals surface area (Å²) >= 11 is 0. The summed E-state index contributed by atoms with van der Waals surface area (Å²) in [6, 6.07) is 10.7. The molecule has 0 bridgehead atoms. The van der Waals surface area contributed by atoms with Gasteiger partial charge >= 0.3 is 0 Å².